The summed E-state index contributed by atoms with van der Waals surface area (Å²) >= 11 is 0. The zero-order valence-electron chi connectivity index (χ0n) is 4.93. The van der Waals surface area contributed by atoms with Crippen LogP contribution in [0.5, 0.6) is 0 Å². The molecule has 0 spiro atoms. The minimum Gasteiger partial charge on any atom is -0.394 e. The standard InChI is InChI=1S/C4H6O3.Ba/c1-3(5)7-4(2)6;/h1-2H3;/q;+2. The molecule has 0 aliphatic heterocycles. The van der Waals surface area contributed by atoms with Crippen molar-refractivity contribution in [2.45, 2.75) is 13.8 Å². The molecule has 0 rings (SSSR count). The van der Waals surface area contributed by atoms with Gasteiger partial charge in [-0.05, 0) is 0 Å². The third kappa shape index (κ3) is 9.86. The average molecular weight is 239 g/mol. The van der Waals surface area contributed by atoms with E-state index in [0.717, 1.165) is 0 Å². The van der Waals surface area contributed by atoms with Crippen LogP contribution in [0.4, 0.5) is 0 Å². The maximum Gasteiger partial charge on any atom is 2.00 e. The summed E-state index contributed by atoms with van der Waals surface area (Å²) in [5, 5.41) is 0. The van der Waals surface area contributed by atoms with Crippen LogP contribution in [0, 0.1) is 0 Å². The van der Waals surface area contributed by atoms with Crippen LogP contribution in [0.3, 0.4) is 0 Å². The normalized spacial score (nSPS) is 6.75. The number of hydrogen-bond acceptors (Lipinski definition) is 3. The van der Waals surface area contributed by atoms with Crippen molar-refractivity contribution in [3.8, 4) is 0 Å². The van der Waals surface area contributed by atoms with Crippen LogP contribution < -0.4 is 0 Å². The van der Waals surface area contributed by atoms with Gasteiger partial charge in [0, 0.05) is 13.8 Å². The molecule has 0 radical (unpaired) electrons. The third-order valence-corrected chi connectivity index (χ3v) is 0.287. The molecule has 0 fully saturated rings. The first kappa shape index (κ1) is 11.5. The van der Waals surface area contributed by atoms with E-state index in [-0.39, 0.29) is 48.9 Å². The van der Waals surface area contributed by atoms with E-state index in [1.807, 2.05) is 0 Å². The van der Waals surface area contributed by atoms with Gasteiger partial charge in [-0.15, -0.1) is 0 Å². The van der Waals surface area contributed by atoms with Crippen LogP contribution in [-0.2, 0) is 14.3 Å². The second-order valence-corrected chi connectivity index (χ2v) is 1.09. The summed E-state index contributed by atoms with van der Waals surface area (Å²) < 4.78 is 3.97. The number of ether oxygens (including phenoxy) is 1. The SMILES string of the molecule is CC(=O)OC(C)=O.[Ba+2]. The molecule has 0 amide bonds. The molecular weight excluding hydrogens is 233 g/mol. The van der Waals surface area contributed by atoms with Crippen molar-refractivity contribution in [3.05, 3.63) is 0 Å². The Balaban J connectivity index is 0. The number of rotatable bonds is 0. The largest absolute Gasteiger partial charge is 2.00 e. The first-order chi connectivity index (χ1) is 3.13. The predicted molar refractivity (Wildman–Crippen MR) is 28.2 cm³/mol. The van der Waals surface area contributed by atoms with E-state index >= 15 is 0 Å². The van der Waals surface area contributed by atoms with E-state index in [2.05, 4.69) is 4.74 Å². The van der Waals surface area contributed by atoms with Gasteiger partial charge in [-0.25, -0.2) is 0 Å². The van der Waals surface area contributed by atoms with Crippen molar-refractivity contribution in [1.29, 1.82) is 0 Å². The fourth-order valence-corrected chi connectivity index (χ4v) is 0.202. The molecule has 0 aromatic rings. The van der Waals surface area contributed by atoms with Crippen LogP contribution in [0.15, 0.2) is 0 Å². The van der Waals surface area contributed by atoms with E-state index in [4.69, 9.17) is 0 Å². The smallest absolute Gasteiger partial charge is 0.394 e. The van der Waals surface area contributed by atoms with E-state index in [9.17, 15) is 9.59 Å². The molecule has 0 saturated heterocycles. The van der Waals surface area contributed by atoms with Gasteiger partial charge < -0.3 is 4.74 Å². The first-order valence-electron chi connectivity index (χ1n) is 1.82. The molecule has 0 N–H and O–H groups in total. The van der Waals surface area contributed by atoms with Gasteiger partial charge in [0.1, 0.15) is 0 Å². The Morgan fingerprint density at radius 2 is 1.38 bits per heavy atom. The average Bonchev–Trinajstić information content (AvgIpc) is 1.27. The summed E-state index contributed by atoms with van der Waals surface area (Å²) in [7, 11) is 0. The summed E-state index contributed by atoms with van der Waals surface area (Å²) in [5.74, 6) is -1.12. The molecule has 0 aliphatic carbocycles. The minimum absolute atomic E-state index is 0. The van der Waals surface area contributed by atoms with Gasteiger partial charge in [-0.2, -0.15) is 0 Å². The molecule has 4 heteroatoms. The van der Waals surface area contributed by atoms with E-state index in [0.29, 0.717) is 0 Å². The molecule has 0 saturated carbocycles. The fourth-order valence-electron chi connectivity index (χ4n) is 0.202. The van der Waals surface area contributed by atoms with E-state index < -0.39 is 11.9 Å². The van der Waals surface area contributed by atoms with E-state index in [1.54, 1.807) is 0 Å². The summed E-state index contributed by atoms with van der Waals surface area (Å²) in [6.07, 6.45) is 0. The molecule has 40 valence electrons. The van der Waals surface area contributed by atoms with Crippen LogP contribution in [0.25, 0.3) is 0 Å². The van der Waals surface area contributed by atoms with Crippen LogP contribution in [0.1, 0.15) is 13.8 Å². The quantitative estimate of drug-likeness (QED) is 0.332. The van der Waals surface area contributed by atoms with Crippen molar-refractivity contribution < 1.29 is 14.3 Å². The Morgan fingerprint density at radius 1 is 1.12 bits per heavy atom. The maximum absolute atomic E-state index is 9.81. The molecule has 0 atom stereocenters. The van der Waals surface area contributed by atoms with Crippen LogP contribution >= 0.6 is 0 Å². The molecule has 0 heterocycles. The fraction of sp³-hybridized carbons (Fsp3) is 0.500. The summed E-state index contributed by atoms with van der Waals surface area (Å²) in [6, 6.07) is 0. The molecule has 0 aliphatic rings. The van der Waals surface area contributed by atoms with Gasteiger partial charge in [0.2, 0.25) is 0 Å². The van der Waals surface area contributed by atoms with Crippen LogP contribution in [-0.4, -0.2) is 60.8 Å². The second-order valence-electron chi connectivity index (χ2n) is 1.09. The van der Waals surface area contributed by atoms with Crippen molar-refractivity contribution in [2.75, 3.05) is 0 Å². The molecule has 3 nitrogen and oxygen atoms in total. The van der Waals surface area contributed by atoms with Gasteiger partial charge >= 0.3 is 60.8 Å². The maximum atomic E-state index is 9.81. The number of carbonyl (C=O) groups is 2. The van der Waals surface area contributed by atoms with E-state index in [1.165, 1.54) is 13.8 Å². The third-order valence-electron chi connectivity index (χ3n) is 0.287. The summed E-state index contributed by atoms with van der Waals surface area (Å²) in [6.45, 7) is 2.36. The zero-order valence-corrected chi connectivity index (χ0v) is 9.37. The molecular formula is C4H6BaO3+2. The van der Waals surface area contributed by atoms with Gasteiger partial charge in [-0.3, -0.25) is 9.59 Å². The van der Waals surface area contributed by atoms with Crippen molar-refractivity contribution >= 4 is 60.8 Å². The topological polar surface area (TPSA) is 43.4 Å². The molecule has 0 bridgehead atoms. The molecule has 0 aromatic heterocycles. The van der Waals surface area contributed by atoms with Crippen molar-refractivity contribution in [1.82, 2.24) is 0 Å². The minimum atomic E-state index is -0.562. The Kier molecular flexibility index (Phi) is 8.40. The monoisotopic (exact) mass is 240 g/mol. The van der Waals surface area contributed by atoms with Crippen LogP contribution in [0.2, 0.25) is 0 Å². The van der Waals surface area contributed by atoms with Crippen molar-refractivity contribution in [3.63, 3.8) is 0 Å². The van der Waals surface area contributed by atoms with Gasteiger partial charge in [0.15, 0.2) is 0 Å². The second kappa shape index (κ2) is 5.84. The Labute approximate surface area is 87.8 Å². The first-order valence-corrected chi connectivity index (χ1v) is 1.82. The van der Waals surface area contributed by atoms with Gasteiger partial charge in [0.25, 0.3) is 0 Å². The number of hydrogen-bond donors (Lipinski definition) is 0. The molecule has 8 heavy (non-hydrogen) atoms. The Morgan fingerprint density at radius 3 is 1.38 bits per heavy atom. The summed E-state index contributed by atoms with van der Waals surface area (Å²) in [4.78, 5) is 19.6. The zero-order chi connectivity index (χ0) is 5.86. The van der Waals surface area contributed by atoms with Gasteiger partial charge in [0.05, 0.1) is 0 Å². The summed E-state index contributed by atoms with van der Waals surface area (Å²) in [5.41, 5.74) is 0. The van der Waals surface area contributed by atoms with Gasteiger partial charge in [-0.1, -0.05) is 0 Å². The number of carbonyl (C=O) groups excluding carboxylic acids is 2. The Hall–Kier alpha value is 0.711. The number of esters is 2. The predicted octanol–water partition coefficient (Wildman–Crippen LogP) is -0.285. The Bertz CT molecular complexity index is 87.5. The van der Waals surface area contributed by atoms with Crippen molar-refractivity contribution in [2.24, 2.45) is 0 Å². The molecule has 0 aromatic carbocycles. The molecule has 0 unspecified atom stereocenters.